The Morgan fingerprint density at radius 3 is 2.62 bits per heavy atom. The van der Waals surface area contributed by atoms with Crippen LogP contribution in [0.2, 0.25) is 0 Å². The van der Waals surface area contributed by atoms with Gasteiger partial charge in [-0.25, -0.2) is 0 Å². The molecule has 0 bridgehead atoms. The predicted octanol–water partition coefficient (Wildman–Crippen LogP) is 2.74. The SMILES string of the molecule is CC(C)N1Cc2ccccc2N(C)CC1C. The van der Waals surface area contributed by atoms with Crippen molar-refractivity contribution in [3.8, 4) is 0 Å². The molecule has 1 heterocycles. The van der Waals surface area contributed by atoms with Gasteiger partial charge in [0.25, 0.3) is 0 Å². The lowest BCUT2D eigenvalue weighted by Crippen LogP contribution is -2.41. The Kier molecular flexibility index (Phi) is 3.20. The Morgan fingerprint density at radius 1 is 1.25 bits per heavy atom. The quantitative estimate of drug-likeness (QED) is 0.715. The first-order valence-corrected chi connectivity index (χ1v) is 6.14. The molecular formula is C14H22N2. The third-order valence-electron chi connectivity index (χ3n) is 3.52. The molecule has 0 radical (unpaired) electrons. The maximum atomic E-state index is 2.57. The smallest absolute Gasteiger partial charge is 0.0409 e. The van der Waals surface area contributed by atoms with Gasteiger partial charge < -0.3 is 4.90 Å². The van der Waals surface area contributed by atoms with Gasteiger partial charge in [0.05, 0.1) is 0 Å². The van der Waals surface area contributed by atoms with E-state index in [1.165, 1.54) is 11.3 Å². The van der Waals surface area contributed by atoms with Gasteiger partial charge in [0.1, 0.15) is 0 Å². The normalized spacial score (nSPS) is 22.1. The average Bonchev–Trinajstić information content (AvgIpc) is 2.37. The number of hydrogen-bond donors (Lipinski definition) is 0. The first-order chi connectivity index (χ1) is 7.59. The highest BCUT2D eigenvalue weighted by Gasteiger charge is 2.24. The summed E-state index contributed by atoms with van der Waals surface area (Å²) < 4.78 is 0. The third kappa shape index (κ3) is 2.07. The molecule has 1 aliphatic heterocycles. The number of rotatable bonds is 1. The van der Waals surface area contributed by atoms with Crippen molar-refractivity contribution in [1.82, 2.24) is 4.90 Å². The van der Waals surface area contributed by atoms with Gasteiger partial charge in [0.2, 0.25) is 0 Å². The van der Waals surface area contributed by atoms with Crippen LogP contribution < -0.4 is 4.90 Å². The van der Waals surface area contributed by atoms with E-state index in [0.717, 1.165) is 13.1 Å². The van der Waals surface area contributed by atoms with E-state index in [1.54, 1.807) is 0 Å². The minimum Gasteiger partial charge on any atom is -0.373 e. The van der Waals surface area contributed by atoms with Crippen molar-refractivity contribution in [3.63, 3.8) is 0 Å². The zero-order valence-electron chi connectivity index (χ0n) is 10.8. The van der Waals surface area contributed by atoms with Gasteiger partial charge in [-0.2, -0.15) is 0 Å². The highest BCUT2D eigenvalue weighted by Crippen LogP contribution is 2.26. The topological polar surface area (TPSA) is 6.48 Å². The molecule has 88 valence electrons. The highest BCUT2D eigenvalue weighted by atomic mass is 15.2. The molecule has 2 heteroatoms. The minimum absolute atomic E-state index is 0.606. The largest absolute Gasteiger partial charge is 0.373 e. The highest BCUT2D eigenvalue weighted by molar-refractivity contribution is 5.53. The first kappa shape index (κ1) is 11.5. The number of para-hydroxylation sites is 1. The molecule has 0 aliphatic carbocycles. The second-order valence-electron chi connectivity index (χ2n) is 5.12. The molecule has 16 heavy (non-hydrogen) atoms. The number of benzene rings is 1. The molecule has 1 aromatic rings. The van der Waals surface area contributed by atoms with Crippen molar-refractivity contribution >= 4 is 5.69 Å². The molecule has 1 aromatic carbocycles. The second kappa shape index (κ2) is 4.46. The van der Waals surface area contributed by atoms with Gasteiger partial charge in [-0.15, -0.1) is 0 Å². The molecular weight excluding hydrogens is 196 g/mol. The van der Waals surface area contributed by atoms with Gasteiger partial charge in [-0.05, 0) is 32.4 Å². The third-order valence-corrected chi connectivity index (χ3v) is 3.52. The van der Waals surface area contributed by atoms with Crippen LogP contribution in [0.4, 0.5) is 5.69 Å². The second-order valence-corrected chi connectivity index (χ2v) is 5.12. The zero-order valence-corrected chi connectivity index (χ0v) is 10.8. The molecule has 2 nitrogen and oxygen atoms in total. The molecule has 1 aliphatic rings. The van der Waals surface area contributed by atoms with Crippen LogP contribution in [0.3, 0.4) is 0 Å². The molecule has 2 rings (SSSR count). The average molecular weight is 218 g/mol. The molecule has 0 saturated heterocycles. The van der Waals surface area contributed by atoms with Crippen LogP contribution in [-0.2, 0) is 6.54 Å². The molecule has 0 amide bonds. The van der Waals surface area contributed by atoms with Crippen LogP contribution in [0, 0.1) is 0 Å². The lowest BCUT2D eigenvalue weighted by atomic mass is 10.1. The van der Waals surface area contributed by atoms with E-state index in [2.05, 4.69) is 61.9 Å². The predicted molar refractivity (Wildman–Crippen MR) is 69.9 cm³/mol. The summed E-state index contributed by atoms with van der Waals surface area (Å²) in [7, 11) is 2.19. The van der Waals surface area contributed by atoms with E-state index < -0.39 is 0 Å². The zero-order chi connectivity index (χ0) is 11.7. The Balaban J connectivity index is 2.35. The summed E-state index contributed by atoms with van der Waals surface area (Å²) in [5, 5.41) is 0. The van der Waals surface area contributed by atoms with Crippen molar-refractivity contribution in [2.75, 3.05) is 18.5 Å². The Hall–Kier alpha value is -1.02. The number of anilines is 1. The standard InChI is InChI=1S/C14H22N2/c1-11(2)16-10-13-7-5-6-8-14(13)15(4)9-12(16)3/h5-8,11-12H,9-10H2,1-4H3. The van der Waals surface area contributed by atoms with Crippen LogP contribution in [0.25, 0.3) is 0 Å². The fourth-order valence-corrected chi connectivity index (χ4v) is 2.66. The lowest BCUT2D eigenvalue weighted by molar-refractivity contribution is 0.163. The summed E-state index contributed by atoms with van der Waals surface area (Å²) in [4.78, 5) is 4.95. The molecule has 0 fully saturated rings. The summed E-state index contributed by atoms with van der Waals surface area (Å²) in [5.74, 6) is 0. The van der Waals surface area contributed by atoms with E-state index in [1.807, 2.05) is 0 Å². The number of likely N-dealkylation sites (N-methyl/N-ethyl adjacent to an activating group) is 1. The summed E-state index contributed by atoms with van der Waals surface area (Å²) in [6, 6.07) is 9.96. The molecule has 0 saturated carbocycles. The molecule has 1 unspecified atom stereocenters. The van der Waals surface area contributed by atoms with Gasteiger partial charge in [-0.1, -0.05) is 18.2 Å². The molecule has 0 aromatic heterocycles. The van der Waals surface area contributed by atoms with Crippen molar-refractivity contribution < 1.29 is 0 Å². The number of nitrogens with zero attached hydrogens (tertiary/aromatic N) is 2. The van der Waals surface area contributed by atoms with Crippen LogP contribution in [0.5, 0.6) is 0 Å². The van der Waals surface area contributed by atoms with Crippen LogP contribution >= 0.6 is 0 Å². The van der Waals surface area contributed by atoms with E-state index in [4.69, 9.17) is 0 Å². The van der Waals surface area contributed by atoms with Crippen molar-refractivity contribution in [3.05, 3.63) is 29.8 Å². The van der Waals surface area contributed by atoms with Crippen molar-refractivity contribution in [1.29, 1.82) is 0 Å². The van der Waals surface area contributed by atoms with Crippen LogP contribution in [-0.4, -0.2) is 30.6 Å². The molecule has 0 spiro atoms. The monoisotopic (exact) mass is 218 g/mol. The summed E-state index contributed by atoms with van der Waals surface area (Å²) >= 11 is 0. The summed E-state index contributed by atoms with van der Waals surface area (Å²) in [5.41, 5.74) is 2.83. The Labute approximate surface area is 98.9 Å². The Bertz CT molecular complexity index is 360. The van der Waals surface area contributed by atoms with Crippen LogP contribution in [0.15, 0.2) is 24.3 Å². The molecule has 1 atom stereocenters. The van der Waals surface area contributed by atoms with E-state index in [-0.39, 0.29) is 0 Å². The summed E-state index contributed by atoms with van der Waals surface area (Å²) in [6.07, 6.45) is 0. The van der Waals surface area contributed by atoms with Crippen molar-refractivity contribution in [2.45, 2.75) is 39.4 Å². The number of fused-ring (bicyclic) bond motifs is 1. The maximum Gasteiger partial charge on any atom is 0.0409 e. The van der Waals surface area contributed by atoms with Gasteiger partial charge in [0, 0.05) is 37.9 Å². The fraction of sp³-hybridized carbons (Fsp3) is 0.571. The van der Waals surface area contributed by atoms with Gasteiger partial charge in [-0.3, -0.25) is 4.90 Å². The first-order valence-electron chi connectivity index (χ1n) is 6.14. The van der Waals surface area contributed by atoms with Crippen molar-refractivity contribution in [2.24, 2.45) is 0 Å². The van der Waals surface area contributed by atoms with E-state index in [0.29, 0.717) is 12.1 Å². The Morgan fingerprint density at radius 2 is 1.94 bits per heavy atom. The van der Waals surface area contributed by atoms with Gasteiger partial charge in [0.15, 0.2) is 0 Å². The number of hydrogen-bond acceptors (Lipinski definition) is 2. The minimum atomic E-state index is 0.606. The van der Waals surface area contributed by atoms with Gasteiger partial charge >= 0.3 is 0 Å². The maximum absolute atomic E-state index is 2.57. The lowest BCUT2D eigenvalue weighted by Gasteiger charge is -2.31. The fourth-order valence-electron chi connectivity index (χ4n) is 2.66. The van der Waals surface area contributed by atoms with E-state index >= 15 is 0 Å². The molecule has 0 N–H and O–H groups in total. The van der Waals surface area contributed by atoms with E-state index in [9.17, 15) is 0 Å². The summed E-state index contributed by atoms with van der Waals surface area (Å²) in [6.45, 7) is 9.06. The van der Waals surface area contributed by atoms with Crippen LogP contribution in [0.1, 0.15) is 26.3 Å².